The predicted octanol–water partition coefficient (Wildman–Crippen LogP) is 3.16. The highest BCUT2D eigenvalue weighted by Crippen LogP contribution is 2.25. The first-order valence-corrected chi connectivity index (χ1v) is 11.5. The van der Waals surface area contributed by atoms with Crippen LogP contribution in [0.1, 0.15) is 0 Å². The number of carbonyl (C=O) groups excluding carboxylic acids is 1. The summed E-state index contributed by atoms with van der Waals surface area (Å²) in [7, 11) is -3.78. The van der Waals surface area contributed by atoms with Crippen LogP contribution >= 0.6 is 23.4 Å². The van der Waals surface area contributed by atoms with Crippen molar-refractivity contribution in [2.45, 2.75) is 16.6 Å². The Bertz CT molecular complexity index is 1160. The van der Waals surface area contributed by atoms with Gasteiger partial charge in [-0.05, 0) is 48.5 Å². The molecular formula is C19H18ClN5O3S2. The monoisotopic (exact) mass is 463 g/mol. The van der Waals surface area contributed by atoms with E-state index in [1.54, 1.807) is 18.2 Å². The Morgan fingerprint density at radius 1 is 1.17 bits per heavy atom. The van der Waals surface area contributed by atoms with Crippen LogP contribution < -0.4 is 10.5 Å². The number of nitrogens with two attached hydrogens (primary N) is 1. The number of allylic oxidation sites excluding steroid dienone is 1. The molecule has 2 aromatic carbocycles. The summed E-state index contributed by atoms with van der Waals surface area (Å²) in [6.45, 7) is 4.24. The normalized spacial score (nSPS) is 11.3. The third-order valence-corrected chi connectivity index (χ3v) is 6.08. The zero-order valence-corrected chi connectivity index (χ0v) is 18.0. The molecule has 0 saturated carbocycles. The molecule has 0 saturated heterocycles. The van der Waals surface area contributed by atoms with Crippen LogP contribution in [0, 0.1) is 0 Å². The number of benzene rings is 2. The molecule has 3 N–H and O–H groups in total. The van der Waals surface area contributed by atoms with E-state index >= 15 is 0 Å². The molecule has 0 aliphatic rings. The van der Waals surface area contributed by atoms with Gasteiger partial charge in [-0.25, -0.2) is 13.6 Å². The van der Waals surface area contributed by atoms with Crippen molar-refractivity contribution in [3.05, 3.63) is 66.2 Å². The van der Waals surface area contributed by atoms with Crippen molar-refractivity contribution in [3.63, 3.8) is 0 Å². The van der Waals surface area contributed by atoms with E-state index < -0.39 is 10.0 Å². The molecule has 1 amide bonds. The summed E-state index contributed by atoms with van der Waals surface area (Å²) in [5.41, 5.74) is 1.31. The van der Waals surface area contributed by atoms with Gasteiger partial charge in [-0.15, -0.1) is 16.8 Å². The summed E-state index contributed by atoms with van der Waals surface area (Å²) in [6, 6.07) is 12.8. The van der Waals surface area contributed by atoms with Gasteiger partial charge in [-0.3, -0.25) is 9.36 Å². The van der Waals surface area contributed by atoms with Crippen LogP contribution in [0.15, 0.2) is 71.2 Å². The molecule has 0 radical (unpaired) electrons. The zero-order valence-electron chi connectivity index (χ0n) is 15.7. The summed E-state index contributed by atoms with van der Waals surface area (Å²) in [6.07, 6.45) is 1.72. The maximum absolute atomic E-state index is 12.3. The smallest absolute Gasteiger partial charge is 0.238 e. The maximum atomic E-state index is 12.3. The van der Waals surface area contributed by atoms with Crippen LogP contribution in [0.3, 0.4) is 0 Å². The number of primary sulfonamides is 1. The second-order valence-electron chi connectivity index (χ2n) is 6.12. The fourth-order valence-corrected chi connectivity index (χ4v) is 3.95. The fourth-order valence-electron chi connectivity index (χ4n) is 2.56. The van der Waals surface area contributed by atoms with E-state index in [4.69, 9.17) is 16.7 Å². The van der Waals surface area contributed by atoms with Crippen molar-refractivity contribution >= 4 is 45.0 Å². The minimum atomic E-state index is -3.78. The number of amides is 1. The van der Waals surface area contributed by atoms with E-state index in [2.05, 4.69) is 22.1 Å². The van der Waals surface area contributed by atoms with Crippen LogP contribution in [-0.4, -0.2) is 34.8 Å². The molecule has 1 aromatic heterocycles. The van der Waals surface area contributed by atoms with Gasteiger partial charge in [0.25, 0.3) is 0 Å². The number of rotatable bonds is 8. The lowest BCUT2D eigenvalue weighted by Crippen LogP contribution is -2.15. The summed E-state index contributed by atoms with van der Waals surface area (Å²) >= 11 is 7.17. The second kappa shape index (κ2) is 9.43. The molecule has 1 heterocycles. The standard InChI is InChI=1S/C19H18ClN5O3S2/c1-2-11-25-18(13-3-5-14(20)6-4-13)23-24-19(25)29-12-17(26)22-15-7-9-16(10-8-15)30(21,27)28/h2-10H,1,11-12H2,(H,22,26)(H2,21,27,28). The van der Waals surface area contributed by atoms with Crippen LogP contribution in [0.2, 0.25) is 5.02 Å². The summed E-state index contributed by atoms with van der Waals surface area (Å²) in [5.74, 6) is 0.463. The zero-order chi connectivity index (χ0) is 21.7. The number of nitrogens with one attached hydrogen (secondary N) is 1. The van der Waals surface area contributed by atoms with Crippen molar-refractivity contribution in [1.82, 2.24) is 14.8 Å². The number of carbonyl (C=O) groups is 1. The van der Waals surface area contributed by atoms with E-state index in [1.807, 2.05) is 16.7 Å². The van der Waals surface area contributed by atoms with Crippen molar-refractivity contribution < 1.29 is 13.2 Å². The first-order valence-electron chi connectivity index (χ1n) is 8.63. The van der Waals surface area contributed by atoms with Crippen LogP contribution in [0.4, 0.5) is 5.69 Å². The first-order chi connectivity index (χ1) is 14.3. The Balaban J connectivity index is 1.68. The number of hydrogen-bond acceptors (Lipinski definition) is 6. The minimum Gasteiger partial charge on any atom is -0.325 e. The molecule has 0 atom stereocenters. The lowest BCUT2D eigenvalue weighted by molar-refractivity contribution is -0.113. The quantitative estimate of drug-likeness (QED) is 0.391. The third-order valence-electron chi connectivity index (χ3n) is 3.93. The molecular weight excluding hydrogens is 446 g/mol. The van der Waals surface area contributed by atoms with Gasteiger partial charge in [0.2, 0.25) is 15.9 Å². The van der Waals surface area contributed by atoms with Gasteiger partial charge in [0, 0.05) is 22.8 Å². The van der Waals surface area contributed by atoms with Gasteiger partial charge < -0.3 is 5.32 Å². The van der Waals surface area contributed by atoms with Crippen molar-refractivity contribution in [2.24, 2.45) is 5.14 Å². The predicted molar refractivity (Wildman–Crippen MR) is 118 cm³/mol. The lowest BCUT2D eigenvalue weighted by Gasteiger charge is -2.08. The van der Waals surface area contributed by atoms with Gasteiger partial charge in [0.1, 0.15) is 0 Å². The molecule has 30 heavy (non-hydrogen) atoms. The van der Waals surface area contributed by atoms with Gasteiger partial charge in [0.15, 0.2) is 11.0 Å². The van der Waals surface area contributed by atoms with E-state index in [1.165, 1.54) is 36.0 Å². The number of nitrogens with zero attached hydrogens (tertiary/aromatic N) is 3. The van der Waals surface area contributed by atoms with Crippen LogP contribution in [0.25, 0.3) is 11.4 Å². The highest BCUT2D eigenvalue weighted by molar-refractivity contribution is 7.99. The fraction of sp³-hybridized carbons (Fsp3) is 0.105. The molecule has 3 aromatic rings. The Morgan fingerprint density at radius 2 is 1.83 bits per heavy atom. The Hall–Kier alpha value is -2.66. The number of anilines is 1. The largest absolute Gasteiger partial charge is 0.325 e. The summed E-state index contributed by atoms with van der Waals surface area (Å²) < 4.78 is 24.4. The molecule has 0 fully saturated rings. The number of halogens is 1. The summed E-state index contributed by atoms with van der Waals surface area (Å²) in [5, 5.41) is 17.4. The molecule has 156 valence electrons. The Morgan fingerprint density at radius 3 is 2.43 bits per heavy atom. The van der Waals surface area contributed by atoms with Crippen molar-refractivity contribution in [2.75, 3.05) is 11.1 Å². The van der Waals surface area contributed by atoms with E-state index in [0.717, 1.165) is 5.56 Å². The molecule has 0 unspecified atom stereocenters. The molecule has 3 rings (SSSR count). The number of hydrogen-bond donors (Lipinski definition) is 2. The van der Waals surface area contributed by atoms with Gasteiger partial charge in [-0.1, -0.05) is 29.4 Å². The third kappa shape index (κ3) is 5.48. The van der Waals surface area contributed by atoms with Gasteiger partial charge in [-0.2, -0.15) is 0 Å². The molecule has 0 bridgehead atoms. The highest BCUT2D eigenvalue weighted by atomic mass is 35.5. The molecule has 0 aliphatic heterocycles. The molecule has 8 nitrogen and oxygen atoms in total. The first kappa shape index (κ1) is 22.0. The SMILES string of the molecule is C=CCn1c(SCC(=O)Nc2ccc(S(N)(=O)=O)cc2)nnc1-c1ccc(Cl)cc1. The molecule has 11 heteroatoms. The molecule has 0 spiro atoms. The minimum absolute atomic E-state index is 0.0258. The highest BCUT2D eigenvalue weighted by Gasteiger charge is 2.15. The van der Waals surface area contributed by atoms with Crippen LogP contribution in [0.5, 0.6) is 0 Å². The van der Waals surface area contributed by atoms with Gasteiger partial charge >= 0.3 is 0 Å². The Labute approximate surface area is 183 Å². The lowest BCUT2D eigenvalue weighted by atomic mass is 10.2. The van der Waals surface area contributed by atoms with E-state index in [-0.39, 0.29) is 16.6 Å². The topological polar surface area (TPSA) is 120 Å². The van der Waals surface area contributed by atoms with Crippen LogP contribution in [-0.2, 0) is 21.4 Å². The van der Waals surface area contributed by atoms with E-state index in [9.17, 15) is 13.2 Å². The number of thioether (sulfide) groups is 1. The second-order valence-corrected chi connectivity index (χ2v) is 9.06. The van der Waals surface area contributed by atoms with Crippen molar-refractivity contribution in [1.29, 1.82) is 0 Å². The molecule has 0 aliphatic carbocycles. The van der Waals surface area contributed by atoms with Gasteiger partial charge in [0.05, 0.1) is 10.6 Å². The van der Waals surface area contributed by atoms with Crippen molar-refractivity contribution in [3.8, 4) is 11.4 Å². The van der Waals surface area contributed by atoms with E-state index in [0.29, 0.717) is 28.2 Å². The number of sulfonamides is 1. The number of aromatic nitrogens is 3. The average Bonchev–Trinajstić information content (AvgIpc) is 3.10. The maximum Gasteiger partial charge on any atom is 0.238 e. The average molecular weight is 464 g/mol. The summed E-state index contributed by atoms with van der Waals surface area (Å²) in [4.78, 5) is 12.3. The Kier molecular flexibility index (Phi) is 6.93.